The van der Waals surface area contributed by atoms with E-state index in [4.69, 9.17) is 5.11 Å². The summed E-state index contributed by atoms with van der Waals surface area (Å²) in [5, 5.41) is 9.09. The number of anilines is 1. The van der Waals surface area contributed by atoms with Gasteiger partial charge in [0.2, 0.25) is 0 Å². The molecule has 0 radical (unpaired) electrons. The number of carboxylic acids is 1. The fraction of sp³-hybridized carbons (Fsp3) is 0.364. The molecule has 1 N–H and O–H groups in total. The predicted molar refractivity (Wildman–Crippen MR) is 70.8 cm³/mol. The maximum absolute atomic E-state index is 12.1. The Labute approximate surface area is 113 Å². The van der Waals surface area contributed by atoms with Crippen molar-refractivity contribution in [2.75, 3.05) is 17.7 Å². The second-order valence-electron chi connectivity index (χ2n) is 4.34. The lowest BCUT2D eigenvalue weighted by molar-refractivity contribution is -0.138. The van der Waals surface area contributed by atoms with Gasteiger partial charge in [-0.15, -0.1) is 0 Å². The molecule has 0 amide bonds. The van der Waals surface area contributed by atoms with Crippen molar-refractivity contribution in [3.05, 3.63) is 22.2 Å². The van der Waals surface area contributed by atoms with Gasteiger partial charge in [-0.3, -0.25) is 0 Å². The zero-order chi connectivity index (χ0) is 13.7. The van der Waals surface area contributed by atoms with Gasteiger partial charge in [0.05, 0.1) is 16.3 Å². The minimum Gasteiger partial charge on any atom is -0.480 e. The van der Waals surface area contributed by atoms with Crippen LogP contribution in [0.5, 0.6) is 0 Å². The van der Waals surface area contributed by atoms with Crippen LogP contribution in [0.2, 0.25) is 0 Å². The van der Waals surface area contributed by atoms with Crippen molar-refractivity contribution in [3.8, 4) is 0 Å². The number of sulfone groups is 1. The summed E-state index contributed by atoms with van der Waals surface area (Å²) in [6.45, 7) is 1.80. The van der Waals surface area contributed by atoms with E-state index in [2.05, 4.69) is 15.9 Å². The molecule has 1 heterocycles. The Morgan fingerprint density at radius 2 is 2.11 bits per heavy atom. The summed E-state index contributed by atoms with van der Waals surface area (Å²) in [6, 6.07) is 2.29. The quantitative estimate of drug-likeness (QED) is 0.841. The lowest BCUT2D eigenvalue weighted by Crippen LogP contribution is -2.47. The van der Waals surface area contributed by atoms with E-state index < -0.39 is 27.6 Å². The van der Waals surface area contributed by atoms with Gasteiger partial charge in [0.1, 0.15) is 6.04 Å². The van der Waals surface area contributed by atoms with Gasteiger partial charge in [0.25, 0.3) is 0 Å². The number of hydrogen-bond acceptors (Lipinski definition) is 4. The van der Waals surface area contributed by atoms with Crippen LogP contribution in [0.3, 0.4) is 0 Å². The molecule has 0 aliphatic carbocycles. The molecule has 0 saturated heterocycles. The lowest BCUT2D eigenvalue weighted by atomic mass is 10.2. The first-order chi connectivity index (χ1) is 8.24. The second kappa shape index (κ2) is 4.24. The first-order valence-corrected chi connectivity index (χ1v) is 7.67. The minimum atomic E-state index is -3.57. The smallest absolute Gasteiger partial charge is 0.327 e. The Bertz CT molecular complexity index is 626. The third kappa shape index (κ3) is 2.01. The number of aryl methyl sites for hydroxylation is 1. The van der Waals surface area contributed by atoms with Gasteiger partial charge >= 0.3 is 5.97 Å². The number of nitrogens with zero attached hydrogens (tertiary/aromatic N) is 1. The third-order valence-corrected chi connectivity index (χ3v) is 5.33. The Balaban J connectivity index is 2.74. The molecule has 98 valence electrons. The highest BCUT2D eigenvalue weighted by molar-refractivity contribution is 9.10. The molecule has 7 heteroatoms. The van der Waals surface area contributed by atoms with Crippen LogP contribution in [0.15, 0.2) is 21.5 Å². The van der Waals surface area contributed by atoms with Crippen molar-refractivity contribution in [2.45, 2.75) is 17.9 Å². The molecule has 18 heavy (non-hydrogen) atoms. The Morgan fingerprint density at radius 3 is 2.67 bits per heavy atom. The van der Waals surface area contributed by atoms with Crippen LogP contribution in [0.4, 0.5) is 5.69 Å². The summed E-state index contributed by atoms with van der Waals surface area (Å²) in [5.74, 6) is -1.54. The molecule has 1 atom stereocenters. The molecular weight excluding hydrogens is 322 g/mol. The highest BCUT2D eigenvalue weighted by Crippen LogP contribution is 2.39. The third-order valence-electron chi connectivity index (χ3n) is 2.99. The first-order valence-electron chi connectivity index (χ1n) is 5.22. The summed E-state index contributed by atoms with van der Waals surface area (Å²) in [5.41, 5.74) is 1.23. The molecule has 1 aromatic carbocycles. The van der Waals surface area contributed by atoms with Crippen LogP contribution in [-0.4, -0.2) is 38.3 Å². The average molecular weight is 334 g/mol. The van der Waals surface area contributed by atoms with E-state index >= 15 is 0 Å². The zero-order valence-electron chi connectivity index (χ0n) is 9.84. The summed E-state index contributed by atoms with van der Waals surface area (Å²) in [4.78, 5) is 12.8. The van der Waals surface area contributed by atoms with E-state index in [1.165, 1.54) is 4.90 Å². The molecule has 1 unspecified atom stereocenters. The fourth-order valence-corrected chi connectivity index (χ4v) is 4.95. The van der Waals surface area contributed by atoms with Gasteiger partial charge in [0, 0.05) is 11.5 Å². The molecule has 0 bridgehead atoms. The Hall–Kier alpha value is -1.08. The zero-order valence-corrected chi connectivity index (χ0v) is 12.2. The largest absolute Gasteiger partial charge is 0.480 e. The number of fused-ring (bicyclic) bond motifs is 1. The number of carboxylic acid groups (broad SMARTS) is 1. The maximum atomic E-state index is 12.1. The standard InChI is InChI=1S/C11H12BrNO4S/c1-6-3-7(12)10-9(4-6)18(16,17)5-8(11(14)15)13(10)2/h3-4,8H,5H2,1-2H3,(H,14,15). The summed E-state index contributed by atoms with van der Waals surface area (Å²) in [6.07, 6.45) is 0. The maximum Gasteiger partial charge on any atom is 0.327 e. The molecule has 1 aromatic rings. The van der Waals surface area contributed by atoms with Crippen molar-refractivity contribution >= 4 is 37.4 Å². The number of halogens is 1. The highest BCUT2D eigenvalue weighted by Gasteiger charge is 2.39. The van der Waals surface area contributed by atoms with Gasteiger partial charge in [-0.05, 0) is 40.5 Å². The van der Waals surface area contributed by atoms with E-state index in [1.807, 2.05) is 0 Å². The molecule has 5 nitrogen and oxygen atoms in total. The molecule has 2 rings (SSSR count). The highest BCUT2D eigenvalue weighted by atomic mass is 79.9. The Morgan fingerprint density at radius 1 is 1.50 bits per heavy atom. The van der Waals surface area contributed by atoms with Crippen LogP contribution in [-0.2, 0) is 14.6 Å². The monoisotopic (exact) mass is 333 g/mol. The first kappa shape index (κ1) is 13.4. The summed E-state index contributed by atoms with van der Waals surface area (Å²) < 4.78 is 24.8. The van der Waals surface area contributed by atoms with Crippen LogP contribution in [0.25, 0.3) is 0 Å². The number of benzene rings is 1. The van der Waals surface area contributed by atoms with Crippen molar-refractivity contribution in [1.82, 2.24) is 0 Å². The van der Waals surface area contributed by atoms with Gasteiger partial charge in [-0.1, -0.05) is 0 Å². The SMILES string of the molecule is Cc1cc(Br)c2c(c1)S(=O)(=O)CC(C(=O)O)N2C. The van der Waals surface area contributed by atoms with Gasteiger partial charge < -0.3 is 10.0 Å². The normalized spacial score (nSPS) is 21.5. The topological polar surface area (TPSA) is 74.7 Å². The number of rotatable bonds is 1. The van der Waals surface area contributed by atoms with Gasteiger partial charge in [-0.25, -0.2) is 13.2 Å². The van der Waals surface area contributed by atoms with Crippen LogP contribution < -0.4 is 4.90 Å². The van der Waals surface area contributed by atoms with E-state index in [0.717, 1.165) is 5.56 Å². The molecule has 1 aliphatic heterocycles. The number of aliphatic carboxylic acids is 1. The van der Waals surface area contributed by atoms with Gasteiger partial charge in [-0.2, -0.15) is 0 Å². The van der Waals surface area contributed by atoms with Crippen molar-refractivity contribution in [1.29, 1.82) is 0 Å². The number of hydrogen-bond donors (Lipinski definition) is 1. The molecule has 0 fully saturated rings. The van der Waals surface area contributed by atoms with Crippen LogP contribution in [0.1, 0.15) is 5.56 Å². The molecular formula is C11H12BrNO4S. The van der Waals surface area contributed by atoms with E-state index in [1.54, 1.807) is 26.1 Å². The second-order valence-corrected chi connectivity index (χ2v) is 7.20. The predicted octanol–water partition coefficient (Wildman–Crippen LogP) is 1.43. The van der Waals surface area contributed by atoms with E-state index in [9.17, 15) is 13.2 Å². The number of likely N-dealkylation sites (N-methyl/N-ethyl adjacent to an activating group) is 1. The van der Waals surface area contributed by atoms with Crippen molar-refractivity contribution in [3.63, 3.8) is 0 Å². The van der Waals surface area contributed by atoms with Gasteiger partial charge in [0.15, 0.2) is 9.84 Å². The molecule has 0 spiro atoms. The Kier molecular flexibility index (Phi) is 3.14. The molecule has 0 saturated carbocycles. The average Bonchev–Trinajstić information content (AvgIpc) is 2.22. The van der Waals surface area contributed by atoms with E-state index in [0.29, 0.717) is 10.2 Å². The molecule has 1 aliphatic rings. The minimum absolute atomic E-state index is 0.189. The molecule has 0 aromatic heterocycles. The summed E-state index contributed by atoms with van der Waals surface area (Å²) >= 11 is 3.30. The van der Waals surface area contributed by atoms with Crippen molar-refractivity contribution in [2.24, 2.45) is 0 Å². The van der Waals surface area contributed by atoms with Crippen molar-refractivity contribution < 1.29 is 18.3 Å². The fourth-order valence-electron chi connectivity index (χ4n) is 2.08. The lowest BCUT2D eigenvalue weighted by Gasteiger charge is -2.34. The van der Waals surface area contributed by atoms with Crippen LogP contribution in [0, 0.1) is 6.92 Å². The summed E-state index contributed by atoms with van der Waals surface area (Å²) in [7, 11) is -1.98. The van der Waals surface area contributed by atoms with E-state index in [-0.39, 0.29) is 4.90 Å². The number of carbonyl (C=O) groups is 1. The van der Waals surface area contributed by atoms with Crippen LogP contribution >= 0.6 is 15.9 Å².